The van der Waals surface area contributed by atoms with Crippen LogP contribution in [0.1, 0.15) is 35.2 Å². The average Bonchev–Trinajstić information content (AvgIpc) is 2.38. The number of aldehydes is 1. The third-order valence-electron chi connectivity index (χ3n) is 2.62. The molecule has 3 nitrogen and oxygen atoms in total. The number of nitrogens with zero attached hydrogens (tertiary/aromatic N) is 1. The number of unbranched alkanes of at least 4 members (excludes halogenated alkanes) is 1. The lowest BCUT2D eigenvalue weighted by molar-refractivity contribution is -0.128. The minimum absolute atomic E-state index is 0.159. The Morgan fingerprint density at radius 3 is 2.67 bits per heavy atom. The topological polar surface area (TPSA) is 37.4 Å². The van der Waals surface area contributed by atoms with Gasteiger partial charge in [0.05, 0.1) is 0 Å². The van der Waals surface area contributed by atoms with E-state index >= 15 is 0 Å². The van der Waals surface area contributed by atoms with E-state index in [1.54, 1.807) is 25.1 Å². The van der Waals surface area contributed by atoms with Crippen molar-refractivity contribution in [2.75, 3.05) is 14.1 Å². The van der Waals surface area contributed by atoms with Crippen LogP contribution < -0.4 is 0 Å². The van der Waals surface area contributed by atoms with Crippen molar-refractivity contribution in [2.24, 2.45) is 0 Å². The zero-order chi connectivity index (χ0) is 13.4. The second-order valence-electron chi connectivity index (χ2n) is 4.37. The number of hydrogen-bond donors (Lipinski definition) is 0. The second kappa shape index (κ2) is 7.43. The summed E-state index contributed by atoms with van der Waals surface area (Å²) >= 11 is 0. The number of carbonyl (C=O) groups excluding carboxylic acids is 2. The van der Waals surface area contributed by atoms with Crippen LogP contribution in [0.15, 0.2) is 30.3 Å². The van der Waals surface area contributed by atoms with Crippen molar-refractivity contribution in [1.29, 1.82) is 0 Å². The maximum absolute atomic E-state index is 11.3. The highest BCUT2D eigenvalue weighted by Gasteiger charge is 2.01. The van der Waals surface area contributed by atoms with Gasteiger partial charge in [-0.05, 0) is 24.5 Å². The van der Waals surface area contributed by atoms with E-state index in [-0.39, 0.29) is 5.91 Å². The summed E-state index contributed by atoms with van der Waals surface area (Å²) in [5.74, 6) is 0.159. The van der Waals surface area contributed by atoms with Crippen molar-refractivity contribution in [2.45, 2.75) is 19.3 Å². The maximum Gasteiger partial charge on any atom is 0.222 e. The van der Waals surface area contributed by atoms with Gasteiger partial charge in [0, 0.05) is 26.1 Å². The Hall–Kier alpha value is -1.90. The molecule has 1 aromatic carbocycles. The molecule has 0 radical (unpaired) electrons. The van der Waals surface area contributed by atoms with E-state index in [4.69, 9.17) is 0 Å². The average molecular weight is 245 g/mol. The largest absolute Gasteiger partial charge is 0.349 e. The molecule has 0 aliphatic carbocycles. The smallest absolute Gasteiger partial charge is 0.222 e. The zero-order valence-electron chi connectivity index (χ0n) is 10.9. The molecular weight excluding hydrogens is 226 g/mol. The molecule has 96 valence electrons. The van der Waals surface area contributed by atoms with E-state index in [2.05, 4.69) is 0 Å². The molecule has 0 fully saturated rings. The van der Waals surface area contributed by atoms with Crippen LogP contribution >= 0.6 is 0 Å². The second-order valence-corrected chi connectivity index (χ2v) is 4.37. The quantitative estimate of drug-likeness (QED) is 0.571. The van der Waals surface area contributed by atoms with Crippen LogP contribution in [0.25, 0.3) is 6.08 Å². The fourth-order valence-corrected chi connectivity index (χ4v) is 1.55. The molecular formula is C15H19NO2. The predicted octanol–water partition coefficient (Wildman–Crippen LogP) is 2.77. The fourth-order valence-electron chi connectivity index (χ4n) is 1.55. The van der Waals surface area contributed by atoms with Crippen LogP contribution in [0.2, 0.25) is 0 Å². The first-order chi connectivity index (χ1) is 8.63. The van der Waals surface area contributed by atoms with Gasteiger partial charge in [0.15, 0.2) is 0 Å². The minimum Gasteiger partial charge on any atom is -0.349 e. The Bertz CT molecular complexity index is 436. The van der Waals surface area contributed by atoms with E-state index in [0.29, 0.717) is 12.0 Å². The summed E-state index contributed by atoms with van der Waals surface area (Å²) < 4.78 is 0. The van der Waals surface area contributed by atoms with Gasteiger partial charge in [-0.15, -0.1) is 0 Å². The van der Waals surface area contributed by atoms with Gasteiger partial charge >= 0.3 is 0 Å². The van der Waals surface area contributed by atoms with Crippen molar-refractivity contribution in [3.63, 3.8) is 0 Å². The van der Waals surface area contributed by atoms with Crippen LogP contribution in [0, 0.1) is 0 Å². The summed E-state index contributed by atoms with van der Waals surface area (Å²) in [4.78, 5) is 23.5. The summed E-state index contributed by atoms with van der Waals surface area (Å²) in [5.41, 5.74) is 1.69. The minimum atomic E-state index is 0.159. The monoisotopic (exact) mass is 245 g/mol. The van der Waals surface area contributed by atoms with Gasteiger partial charge in [-0.3, -0.25) is 9.59 Å². The third-order valence-corrected chi connectivity index (χ3v) is 2.62. The highest BCUT2D eigenvalue weighted by molar-refractivity contribution is 5.76. The molecule has 0 heterocycles. The first-order valence-electron chi connectivity index (χ1n) is 6.05. The Morgan fingerprint density at radius 2 is 2.00 bits per heavy atom. The van der Waals surface area contributed by atoms with Gasteiger partial charge in [0.25, 0.3) is 0 Å². The Labute approximate surface area is 108 Å². The van der Waals surface area contributed by atoms with Gasteiger partial charge in [-0.2, -0.15) is 0 Å². The summed E-state index contributed by atoms with van der Waals surface area (Å²) in [7, 11) is 3.53. The van der Waals surface area contributed by atoms with Crippen LogP contribution in [0.4, 0.5) is 0 Å². The molecule has 1 rings (SSSR count). The predicted molar refractivity (Wildman–Crippen MR) is 73.4 cm³/mol. The van der Waals surface area contributed by atoms with Crippen LogP contribution in [0.5, 0.6) is 0 Å². The molecule has 0 aliphatic heterocycles. The Morgan fingerprint density at radius 1 is 1.28 bits per heavy atom. The number of amides is 1. The molecule has 3 heteroatoms. The molecule has 0 saturated carbocycles. The third kappa shape index (κ3) is 4.95. The first-order valence-corrected chi connectivity index (χ1v) is 6.05. The van der Waals surface area contributed by atoms with E-state index in [1.807, 2.05) is 30.4 Å². The lowest BCUT2D eigenvalue weighted by atomic mass is 10.1. The van der Waals surface area contributed by atoms with Gasteiger partial charge in [-0.1, -0.05) is 30.4 Å². The van der Waals surface area contributed by atoms with E-state index in [1.165, 1.54) is 0 Å². The molecule has 0 aliphatic rings. The van der Waals surface area contributed by atoms with Crippen LogP contribution in [-0.2, 0) is 4.79 Å². The lowest BCUT2D eigenvalue weighted by Crippen LogP contribution is -2.20. The van der Waals surface area contributed by atoms with Gasteiger partial charge in [0.2, 0.25) is 5.91 Å². The van der Waals surface area contributed by atoms with E-state index in [0.717, 1.165) is 24.7 Å². The number of allylic oxidation sites excluding steroid dienone is 1. The Balaban J connectivity index is 2.36. The molecule has 0 spiro atoms. The number of rotatable bonds is 6. The normalized spacial score (nSPS) is 10.6. The highest BCUT2D eigenvalue weighted by atomic mass is 16.2. The van der Waals surface area contributed by atoms with Crippen molar-refractivity contribution in [1.82, 2.24) is 4.90 Å². The maximum atomic E-state index is 11.3. The van der Waals surface area contributed by atoms with Gasteiger partial charge < -0.3 is 4.90 Å². The molecule has 0 saturated heterocycles. The summed E-state index contributed by atoms with van der Waals surface area (Å²) in [5, 5.41) is 0. The molecule has 1 amide bonds. The summed E-state index contributed by atoms with van der Waals surface area (Å²) in [6.45, 7) is 0. The van der Waals surface area contributed by atoms with E-state index < -0.39 is 0 Å². The molecule has 0 atom stereocenters. The molecule has 1 aromatic rings. The van der Waals surface area contributed by atoms with E-state index in [9.17, 15) is 9.59 Å². The van der Waals surface area contributed by atoms with Crippen molar-refractivity contribution in [3.8, 4) is 0 Å². The lowest BCUT2D eigenvalue weighted by Gasteiger charge is -2.08. The van der Waals surface area contributed by atoms with Crippen molar-refractivity contribution < 1.29 is 9.59 Å². The molecule has 0 aromatic heterocycles. The number of benzene rings is 1. The standard InChI is InChI=1S/C15H19NO2/c1-16(2)15(18)10-5-3-4-7-13-8-6-9-14(11-13)12-17/h4,6-9,11-12H,3,5,10H2,1-2H3/b7-4-. The summed E-state index contributed by atoms with van der Waals surface area (Å²) in [6, 6.07) is 7.43. The first kappa shape index (κ1) is 14.2. The van der Waals surface area contributed by atoms with Crippen molar-refractivity contribution >= 4 is 18.3 Å². The number of hydrogen-bond acceptors (Lipinski definition) is 2. The van der Waals surface area contributed by atoms with Crippen molar-refractivity contribution in [3.05, 3.63) is 41.5 Å². The summed E-state index contributed by atoms with van der Waals surface area (Å²) in [6.07, 6.45) is 7.14. The highest BCUT2D eigenvalue weighted by Crippen LogP contribution is 2.07. The SMILES string of the molecule is CN(C)C(=O)CCC/C=C\c1cccc(C=O)c1. The van der Waals surface area contributed by atoms with Gasteiger partial charge in [-0.25, -0.2) is 0 Å². The molecule has 0 N–H and O–H groups in total. The molecule has 0 unspecified atom stereocenters. The fraction of sp³-hybridized carbons (Fsp3) is 0.333. The van der Waals surface area contributed by atoms with Gasteiger partial charge in [0.1, 0.15) is 6.29 Å². The molecule has 0 bridgehead atoms. The number of carbonyl (C=O) groups is 2. The van der Waals surface area contributed by atoms with Crippen LogP contribution in [0.3, 0.4) is 0 Å². The van der Waals surface area contributed by atoms with Crippen LogP contribution in [-0.4, -0.2) is 31.2 Å². The zero-order valence-corrected chi connectivity index (χ0v) is 10.9. The Kier molecular flexibility index (Phi) is 5.85. The molecule has 18 heavy (non-hydrogen) atoms.